The van der Waals surface area contributed by atoms with Gasteiger partial charge >= 0.3 is 0 Å². The number of imidazole rings is 1. The molecule has 3 rings (SSSR count). The third-order valence-corrected chi connectivity index (χ3v) is 3.70. The van der Waals surface area contributed by atoms with Crippen LogP contribution in [0.4, 0.5) is 0 Å². The van der Waals surface area contributed by atoms with Crippen molar-refractivity contribution in [1.82, 2.24) is 9.55 Å². The van der Waals surface area contributed by atoms with Crippen LogP contribution in [-0.4, -0.2) is 27.6 Å². The van der Waals surface area contributed by atoms with Crippen molar-refractivity contribution < 1.29 is 14.6 Å². The van der Waals surface area contributed by atoms with Crippen molar-refractivity contribution >= 4 is 0 Å². The number of benzene rings is 1. The van der Waals surface area contributed by atoms with Crippen LogP contribution >= 0.6 is 0 Å². The van der Waals surface area contributed by atoms with Gasteiger partial charge in [-0.05, 0) is 30.5 Å². The minimum atomic E-state index is -0.731. The number of hydrogen-bond acceptors (Lipinski definition) is 4. The van der Waals surface area contributed by atoms with Gasteiger partial charge < -0.3 is 19.1 Å². The fraction of sp³-hybridized carbons (Fsp3) is 0.438. The maximum Gasteiger partial charge on any atom is 0.199 e. The molecule has 1 aliphatic rings. The van der Waals surface area contributed by atoms with E-state index in [-0.39, 0.29) is 6.29 Å². The molecular formula is C16H20N2O3. The van der Waals surface area contributed by atoms with Crippen LogP contribution in [0.15, 0.2) is 36.7 Å². The molecule has 1 aromatic carbocycles. The zero-order valence-corrected chi connectivity index (χ0v) is 12.1. The molecule has 1 saturated heterocycles. The Hall–Kier alpha value is -1.85. The highest BCUT2D eigenvalue weighted by Crippen LogP contribution is 2.24. The van der Waals surface area contributed by atoms with Crippen molar-refractivity contribution in [3.63, 3.8) is 0 Å². The molecule has 1 unspecified atom stereocenters. The Bertz CT molecular complexity index is 573. The summed E-state index contributed by atoms with van der Waals surface area (Å²) in [5, 5.41) is 10.3. The van der Waals surface area contributed by atoms with E-state index < -0.39 is 6.10 Å². The molecule has 5 heteroatoms. The Morgan fingerprint density at radius 1 is 1.33 bits per heavy atom. The first-order valence-corrected chi connectivity index (χ1v) is 7.27. The zero-order chi connectivity index (χ0) is 14.7. The van der Waals surface area contributed by atoms with Gasteiger partial charge in [-0.15, -0.1) is 0 Å². The Morgan fingerprint density at radius 2 is 2.14 bits per heavy atom. The van der Waals surface area contributed by atoms with Crippen molar-refractivity contribution in [2.24, 2.45) is 7.05 Å². The van der Waals surface area contributed by atoms with Crippen molar-refractivity contribution in [2.45, 2.75) is 31.7 Å². The molecule has 1 N–H and O–H groups in total. The van der Waals surface area contributed by atoms with Gasteiger partial charge in [0, 0.05) is 25.9 Å². The molecule has 21 heavy (non-hydrogen) atoms. The second-order valence-corrected chi connectivity index (χ2v) is 5.28. The van der Waals surface area contributed by atoms with E-state index in [1.807, 2.05) is 42.1 Å². The van der Waals surface area contributed by atoms with Gasteiger partial charge in [0.25, 0.3) is 0 Å². The molecular weight excluding hydrogens is 268 g/mol. The molecule has 1 aromatic heterocycles. The first-order chi connectivity index (χ1) is 10.2. The number of aliphatic hydroxyl groups excluding tert-OH is 1. The standard InChI is InChI=1S/C16H20N2O3/c1-18-10-9-17-16(18)15(19)12-5-7-13(8-6-12)21-14-4-2-3-11-20-14/h5-10,14-15,19H,2-4,11H2,1H3/t14?,15-/m1/s1. The highest BCUT2D eigenvalue weighted by atomic mass is 16.7. The maximum absolute atomic E-state index is 10.3. The van der Waals surface area contributed by atoms with Crippen LogP contribution in [0.25, 0.3) is 0 Å². The monoisotopic (exact) mass is 288 g/mol. The molecule has 2 atom stereocenters. The molecule has 0 bridgehead atoms. The zero-order valence-electron chi connectivity index (χ0n) is 12.1. The number of nitrogens with zero attached hydrogens (tertiary/aromatic N) is 2. The first kappa shape index (κ1) is 14.1. The topological polar surface area (TPSA) is 56.5 Å². The second-order valence-electron chi connectivity index (χ2n) is 5.28. The molecule has 0 amide bonds. The lowest BCUT2D eigenvalue weighted by molar-refractivity contribution is -0.105. The van der Waals surface area contributed by atoms with Crippen LogP contribution in [0.1, 0.15) is 36.8 Å². The molecule has 1 aliphatic heterocycles. The van der Waals surface area contributed by atoms with Gasteiger partial charge in [0.2, 0.25) is 0 Å². The van der Waals surface area contributed by atoms with E-state index in [9.17, 15) is 5.11 Å². The number of aromatic nitrogens is 2. The lowest BCUT2D eigenvalue weighted by atomic mass is 10.1. The Balaban J connectivity index is 1.67. The molecule has 0 radical (unpaired) electrons. The SMILES string of the molecule is Cn1ccnc1[C@H](O)c1ccc(OC2CCCCO2)cc1. The van der Waals surface area contributed by atoms with E-state index in [1.54, 1.807) is 6.20 Å². The third-order valence-electron chi connectivity index (χ3n) is 3.70. The predicted molar refractivity (Wildman–Crippen MR) is 77.9 cm³/mol. The third kappa shape index (κ3) is 3.25. The summed E-state index contributed by atoms with van der Waals surface area (Å²) >= 11 is 0. The number of ether oxygens (including phenoxy) is 2. The van der Waals surface area contributed by atoms with Crippen LogP contribution in [0.5, 0.6) is 5.75 Å². The van der Waals surface area contributed by atoms with Crippen LogP contribution in [0, 0.1) is 0 Å². The fourth-order valence-corrected chi connectivity index (χ4v) is 2.47. The van der Waals surface area contributed by atoms with E-state index in [0.29, 0.717) is 5.82 Å². The average Bonchev–Trinajstić information content (AvgIpc) is 2.94. The molecule has 112 valence electrons. The van der Waals surface area contributed by atoms with Crippen LogP contribution < -0.4 is 4.74 Å². The Kier molecular flexibility index (Phi) is 4.22. The molecule has 2 aromatic rings. The fourth-order valence-electron chi connectivity index (χ4n) is 2.47. The summed E-state index contributed by atoms with van der Waals surface area (Å²) in [5.41, 5.74) is 0.793. The molecule has 5 nitrogen and oxygen atoms in total. The highest BCUT2D eigenvalue weighted by Gasteiger charge is 2.17. The van der Waals surface area contributed by atoms with E-state index in [0.717, 1.165) is 37.2 Å². The summed E-state index contributed by atoms with van der Waals surface area (Å²) in [6, 6.07) is 7.44. The normalized spacial score (nSPS) is 20.2. The number of aryl methyl sites for hydroxylation is 1. The van der Waals surface area contributed by atoms with Gasteiger partial charge in [-0.25, -0.2) is 4.98 Å². The number of rotatable bonds is 4. The quantitative estimate of drug-likeness (QED) is 0.938. The number of aliphatic hydroxyl groups is 1. The smallest absolute Gasteiger partial charge is 0.199 e. The first-order valence-electron chi connectivity index (χ1n) is 7.27. The summed E-state index contributed by atoms with van der Waals surface area (Å²) < 4.78 is 13.1. The lowest BCUT2D eigenvalue weighted by Crippen LogP contribution is -2.24. The molecule has 2 heterocycles. The van der Waals surface area contributed by atoms with Gasteiger partial charge in [0.1, 0.15) is 17.7 Å². The van der Waals surface area contributed by atoms with E-state index in [1.165, 1.54) is 0 Å². The highest BCUT2D eigenvalue weighted by molar-refractivity contribution is 5.31. The van der Waals surface area contributed by atoms with Crippen LogP contribution in [0.2, 0.25) is 0 Å². The molecule has 1 fully saturated rings. The molecule has 0 aliphatic carbocycles. The largest absolute Gasteiger partial charge is 0.465 e. The average molecular weight is 288 g/mol. The second kappa shape index (κ2) is 6.28. The van der Waals surface area contributed by atoms with Gasteiger partial charge in [0.05, 0.1) is 6.61 Å². The lowest BCUT2D eigenvalue weighted by Gasteiger charge is -2.23. The summed E-state index contributed by atoms with van der Waals surface area (Å²) in [4.78, 5) is 4.17. The van der Waals surface area contributed by atoms with E-state index >= 15 is 0 Å². The van der Waals surface area contributed by atoms with Gasteiger partial charge in [-0.2, -0.15) is 0 Å². The van der Waals surface area contributed by atoms with Gasteiger partial charge in [-0.3, -0.25) is 0 Å². The minimum absolute atomic E-state index is 0.149. The van der Waals surface area contributed by atoms with E-state index in [2.05, 4.69) is 4.98 Å². The summed E-state index contributed by atoms with van der Waals surface area (Å²) in [6.07, 6.45) is 5.79. The van der Waals surface area contributed by atoms with Crippen molar-refractivity contribution in [3.05, 3.63) is 48.0 Å². The van der Waals surface area contributed by atoms with Crippen LogP contribution in [-0.2, 0) is 11.8 Å². The molecule has 0 saturated carbocycles. The van der Waals surface area contributed by atoms with Crippen molar-refractivity contribution in [1.29, 1.82) is 0 Å². The van der Waals surface area contributed by atoms with Gasteiger partial charge in [-0.1, -0.05) is 12.1 Å². The van der Waals surface area contributed by atoms with E-state index in [4.69, 9.17) is 9.47 Å². The summed E-state index contributed by atoms with van der Waals surface area (Å²) in [5.74, 6) is 1.39. The Labute approximate surface area is 124 Å². The summed E-state index contributed by atoms with van der Waals surface area (Å²) in [7, 11) is 1.86. The minimum Gasteiger partial charge on any atom is -0.465 e. The van der Waals surface area contributed by atoms with Gasteiger partial charge in [0.15, 0.2) is 6.29 Å². The maximum atomic E-state index is 10.3. The van der Waals surface area contributed by atoms with Crippen molar-refractivity contribution in [3.8, 4) is 5.75 Å². The summed E-state index contributed by atoms with van der Waals surface area (Å²) in [6.45, 7) is 0.765. The van der Waals surface area contributed by atoms with Crippen LogP contribution in [0.3, 0.4) is 0 Å². The Morgan fingerprint density at radius 3 is 2.76 bits per heavy atom. The molecule has 0 spiro atoms. The predicted octanol–water partition coefficient (Wildman–Crippen LogP) is 2.41. The van der Waals surface area contributed by atoms with Crippen molar-refractivity contribution in [2.75, 3.05) is 6.61 Å². The number of hydrogen-bond donors (Lipinski definition) is 1.